The first-order valence-corrected chi connectivity index (χ1v) is 7.67. The molecule has 0 fully saturated rings. The molecule has 112 valence electrons. The number of likely N-dealkylation sites (N-methyl/N-ethyl adjacent to an activating group) is 1. The van der Waals surface area contributed by atoms with Crippen molar-refractivity contribution >= 4 is 23.2 Å². The molecule has 1 N–H and O–H groups in total. The monoisotopic (exact) mass is 323 g/mol. The molecule has 0 bridgehead atoms. The van der Waals surface area contributed by atoms with Crippen molar-refractivity contribution in [3.05, 3.63) is 63.6 Å². The fourth-order valence-electron chi connectivity index (χ4n) is 2.00. The third kappa shape index (κ3) is 4.63. The molecule has 1 unspecified atom stereocenters. The number of hydrogen-bond acceptors (Lipinski definition) is 2. The molecular formula is C17H19Cl2NO. The van der Waals surface area contributed by atoms with Gasteiger partial charge < -0.3 is 10.1 Å². The van der Waals surface area contributed by atoms with Gasteiger partial charge in [0.2, 0.25) is 0 Å². The van der Waals surface area contributed by atoms with E-state index in [1.165, 1.54) is 5.56 Å². The molecule has 2 nitrogen and oxygen atoms in total. The van der Waals surface area contributed by atoms with E-state index in [4.69, 9.17) is 27.9 Å². The molecule has 0 aromatic heterocycles. The lowest BCUT2D eigenvalue weighted by molar-refractivity contribution is 0.306. The van der Waals surface area contributed by atoms with E-state index in [9.17, 15) is 0 Å². The summed E-state index contributed by atoms with van der Waals surface area (Å²) in [5, 5.41) is 4.48. The third-order valence-corrected chi connectivity index (χ3v) is 4.11. The van der Waals surface area contributed by atoms with Crippen molar-refractivity contribution in [3.8, 4) is 5.75 Å². The summed E-state index contributed by atoms with van der Waals surface area (Å²) in [6.07, 6.45) is 0.993. The van der Waals surface area contributed by atoms with Crippen LogP contribution in [0.1, 0.15) is 18.1 Å². The Morgan fingerprint density at radius 1 is 1.05 bits per heavy atom. The van der Waals surface area contributed by atoms with Gasteiger partial charge in [-0.1, -0.05) is 41.4 Å². The third-order valence-electron chi connectivity index (χ3n) is 3.40. The first kappa shape index (κ1) is 16.2. The number of nitrogens with one attached hydrogen (secondary N) is 1. The first-order valence-electron chi connectivity index (χ1n) is 6.92. The van der Waals surface area contributed by atoms with Crippen LogP contribution >= 0.6 is 23.2 Å². The smallest absolute Gasteiger partial charge is 0.119 e. The maximum absolute atomic E-state index is 6.12. The predicted octanol–water partition coefficient (Wildman–Crippen LogP) is 4.72. The second kappa shape index (κ2) is 7.69. The molecule has 0 aliphatic heterocycles. The minimum Gasteiger partial charge on any atom is -0.489 e. The van der Waals surface area contributed by atoms with Crippen molar-refractivity contribution in [1.29, 1.82) is 0 Å². The molecule has 4 heteroatoms. The summed E-state index contributed by atoms with van der Waals surface area (Å²) in [5.74, 6) is 0.812. The summed E-state index contributed by atoms with van der Waals surface area (Å²) in [6, 6.07) is 14.0. The van der Waals surface area contributed by atoms with Gasteiger partial charge in [0.05, 0.1) is 0 Å². The minimum atomic E-state index is 0.366. The highest BCUT2D eigenvalue weighted by atomic mass is 35.5. The minimum absolute atomic E-state index is 0.366. The van der Waals surface area contributed by atoms with Gasteiger partial charge >= 0.3 is 0 Å². The van der Waals surface area contributed by atoms with Crippen molar-refractivity contribution < 1.29 is 4.74 Å². The molecule has 0 aliphatic rings. The Bertz CT molecular complexity index is 564. The van der Waals surface area contributed by atoms with Gasteiger partial charge in [-0.3, -0.25) is 0 Å². The van der Waals surface area contributed by atoms with Gasteiger partial charge in [-0.25, -0.2) is 0 Å². The van der Waals surface area contributed by atoms with Gasteiger partial charge in [0.15, 0.2) is 0 Å². The second-order valence-electron chi connectivity index (χ2n) is 5.03. The zero-order valence-corrected chi connectivity index (χ0v) is 13.7. The number of rotatable bonds is 6. The number of benzene rings is 2. The Hall–Kier alpha value is -1.22. The van der Waals surface area contributed by atoms with E-state index in [0.717, 1.165) is 17.7 Å². The lowest BCUT2D eigenvalue weighted by Crippen LogP contribution is -2.23. The molecule has 2 aromatic carbocycles. The van der Waals surface area contributed by atoms with E-state index in [-0.39, 0.29) is 0 Å². The zero-order valence-electron chi connectivity index (χ0n) is 12.2. The molecule has 0 saturated heterocycles. The Labute approximate surface area is 136 Å². The summed E-state index contributed by atoms with van der Waals surface area (Å²) in [4.78, 5) is 0. The van der Waals surface area contributed by atoms with Crippen molar-refractivity contribution in [2.75, 3.05) is 7.05 Å². The van der Waals surface area contributed by atoms with Gasteiger partial charge in [-0.15, -0.1) is 0 Å². The van der Waals surface area contributed by atoms with Crippen LogP contribution in [0.2, 0.25) is 10.0 Å². The highest BCUT2D eigenvalue weighted by molar-refractivity contribution is 6.35. The molecule has 1 atom stereocenters. The number of halogens is 2. The fraction of sp³-hybridized carbons (Fsp3) is 0.294. The molecule has 0 heterocycles. The number of hydrogen-bond donors (Lipinski definition) is 1. The van der Waals surface area contributed by atoms with E-state index < -0.39 is 0 Å². The van der Waals surface area contributed by atoms with Crippen LogP contribution in [0.5, 0.6) is 5.75 Å². The van der Waals surface area contributed by atoms with Crippen LogP contribution in [0.15, 0.2) is 42.5 Å². The van der Waals surface area contributed by atoms with Crippen molar-refractivity contribution in [2.24, 2.45) is 0 Å². The average molecular weight is 324 g/mol. The Kier molecular flexibility index (Phi) is 5.92. The van der Waals surface area contributed by atoms with Gasteiger partial charge in [0, 0.05) is 21.7 Å². The van der Waals surface area contributed by atoms with E-state index >= 15 is 0 Å². The Morgan fingerprint density at radius 3 is 2.24 bits per heavy atom. The normalized spacial score (nSPS) is 12.2. The molecule has 0 aliphatic carbocycles. The maximum atomic E-state index is 6.12. The largest absolute Gasteiger partial charge is 0.489 e. The number of ether oxygens (including phenoxy) is 1. The topological polar surface area (TPSA) is 21.3 Å². The van der Waals surface area contributed by atoms with Crippen LogP contribution in [0.3, 0.4) is 0 Å². The lowest BCUT2D eigenvalue weighted by atomic mass is 10.1. The van der Waals surface area contributed by atoms with E-state index in [0.29, 0.717) is 22.7 Å². The van der Waals surface area contributed by atoms with Crippen LogP contribution in [-0.2, 0) is 13.0 Å². The van der Waals surface area contributed by atoms with E-state index in [1.54, 1.807) is 0 Å². The summed E-state index contributed by atoms with van der Waals surface area (Å²) >= 11 is 12.2. The molecule has 2 aromatic rings. The molecule has 21 heavy (non-hydrogen) atoms. The van der Waals surface area contributed by atoms with Gasteiger partial charge in [-0.05, 0) is 50.2 Å². The van der Waals surface area contributed by atoms with Gasteiger partial charge in [0.1, 0.15) is 12.4 Å². The molecule has 2 rings (SSSR count). The standard InChI is InChI=1S/C17H19Cl2NO/c1-12(20-2)10-13-6-8-14(9-7-13)21-11-15-16(18)4-3-5-17(15)19/h3-9,12,20H,10-11H2,1-2H3. The van der Waals surface area contributed by atoms with Crippen LogP contribution in [0, 0.1) is 0 Å². The molecule has 0 radical (unpaired) electrons. The van der Waals surface area contributed by atoms with Crippen LogP contribution in [0.4, 0.5) is 0 Å². The van der Waals surface area contributed by atoms with Gasteiger partial charge in [0.25, 0.3) is 0 Å². The highest BCUT2D eigenvalue weighted by Crippen LogP contribution is 2.26. The quantitative estimate of drug-likeness (QED) is 0.830. The SMILES string of the molecule is CNC(C)Cc1ccc(OCc2c(Cl)cccc2Cl)cc1. The summed E-state index contributed by atoms with van der Waals surface area (Å²) in [7, 11) is 1.97. The summed E-state index contributed by atoms with van der Waals surface area (Å²) in [6.45, 7) is 2.52. The zero-order chi connectivity index (χ0) is 15.2. The Balaban J connectivity index is 1.98. The Morgan fingerprint density at radius 2 is 1.67 bits per heavy atom. The van der Waals surface area contributed by atoms with Crippen molar-refractivity contribution in [2.45, 2.75) is 26.0 Å². The molecule has 0 amide bonds. The molecule has 0 saturated carbocycles. The fourth-order valence-corrected chi connectivity index (χ4v) is 2.51. The maximum Gasteiger partial charge on any atom is 0.119 e. The predicted molar refractivity (Wildman–Crippen MR) is 89.5 cm³/mol. The van der Waals surface area contributed by atoms with Crippen LogP contribution in [-0.4, -0.2) is 13.1 Å². The average Bonchev–Trinajstić information content (AvgIpc) is 2.48. The van der Waals surface area contributed by atoms with Crippen LogP contribution in [0.25, 0.3) is 0 Å². The second-order valence-corrected chi connectivity index (χ2v) is 5.84. The van der Waals surface area contributed by atoms with E-state index in [1.807, 2.05) is 37.4 Å². The van der Waals surface area contributed by atoms with E-state index in [2.05, 4.69) is 24.4 Å². The van der Waals surface area contributed by atoms with Crippen LogP contribution < -0.4 is 10.1 Å². The molecule has 0 spiro atoms. The molecular weight excluding hydrogens is 305 g/mol. The highest BCUT2D eigenvalue weighted by Gasteiger charge is 2.06. The van der Waals surface area contributed by atoms with Gasteiger partial charge in [-0.2, -0.15) is 0 Å². The van der Waals surface area contributed by atoms with Crippen molar-refractivity contribution in [3.63, 3.8) is 0 Å². The van der Waals surface area contributed by atoms with Crippen molar-refractivity contribution in [1.82, 2.24) is 5.32 Å². The summed E-state index contributed by atoms with van der Waals surface area (Å²) in [5.41, 5.74) is 2.09. The summed E-state index contributed by atoms with van der Waals surface area (Å²) < 4.78 is 5.76. The lowest BCUT2D eigenvalue weighted by Gasteiger charge is -2.12. The first-order chi connectivity index (χ1) is 10.1.